The van der Waals surface area contributed by atoms with Gasteiger partial charge in [0.25, 0.3) is 0 Å². The predicted octanol–water partition coefficient (Wildman–Crippen LogP) is 0.998. The number of esters is 3. The Morgan fingerprint density at radius 3 is 2.71 bits per heavy atom. The molecule has 92 valence electrons. The Balaban J connectivity index is 0.000000209. The quantitative estimate of drug-likeness (QED) is 0.295. The van der Waals surface area contributed by atoms with E-state index < -0.39 is 5.97 Å². The molecule has 1 aliphatic heterocycles. The van der Waals surface area contributed by atoms with E-state index in [1.165, 1.54) is 7.11 Å². The first-order chi connectivity index (χ1) is 8.10. The van der Waals surface area contributed by atoms with E-state index in [0.29, 0.717) is 0 Å². The Morgan fingerprint density at radius 1 is 1.53 bits per heavy atom. The van der Waals surface area contributed by atoms with Gasteiger partial charge in [0.2, 0.25) is 0 Å². The van der Waals surface area contributed by atoms with Crippen molar-refractivity contribution >= 4 is 17.9 Å². The van der Waals surface area contributed by atoms with Crippen LogP contribution in [0.1, 0.15) is 12.8 Å². The van der Waals surface area contributed by atoms with Crippen molar-refractivity contribution in [1.29, 1.82) is 0 Å². The summed E-state index contributed by atoms with van der Waals surface area (Å²) in [6.45, 7) is 3.16. The number of cyclic esters (lactones) is 2. The van der Waals surface area contributed by atoms with Gasteiger partial charge in [-0.05, 0) is 12.8 Å². The van der Waals surface area contributed by atoms with Crippen molar-refractivity contribution in [3.63, 3.8) is 0 Å². The maximum absolute atomic E-state index is 10.9. The summed E-state index contributed by atoms with van der Waals surface area (Å²) in [7, 11) is 1.31. The van der Waals surface area contributed by atoms with Gasteiger partial charge < -0.3 is 9.47 Å². The topological polar surface area (TPSA) is 69.7 Å². The van der Waals surface area contributed by atoms with E-state index in [2.05, 4.69) is 16.1 Å². The fraction of sp³-hybridized carbons (Fsp3) is 0.417. The summed E-state index contributed by atoms with van der Waals surface area (Å²) in [5.41, 5.74) is 0. The normalized spacial score (nSPS) is 25.2. The summed E-state index contributed by atoms with van der Waals surface area (Å²) in [6, 6.07) is 0. The minimum absolute atomic E-state index is 0.188. The third-order valence-corrected chi connectivity index (χ3v) is 2.57. The summed E-state index contributed by atoms with van der Waals surface area (Å²) in [4.78, 5) is 31.7. The van der Waals surface area contributed by atoms with Gasteiger partial charge in [0.15, 0.2) is 0 Å². The number of methoxy groups -OCH3 is 1. The number of carbonyl (C=O) groups excluding carboxylic acids is 3. The molecule has 2 unspecified atom stereocenters. The van der Waals surface area contributed by atoms with Gasteiger partial charge in [-0.3, -0.25) is 9.59 Å². The van der Waals surface area contributed by atoms with Crippen molar-refractivity contribution in [2.75, 3.05) is 7.11 Å². The van der Waals surface area contributed by atoms with Gasteiger partial charge in [-0.2, -0.15) is 0 Å². The number of carbonyl (C=O) groups is 3. The molecule has 0 saturated carbocycles. The average Bonchev–Trinajstić information content (AvgIpc) is 2.66. The molecule has 2 aliphatic rings. The number of rotatable bonds is 1. The fourth-order valence-electron chi connectivity index (χ4n) is 1.67. The monoisotopic (exact) mass is 238 g/mol. The summed E-state index contributed by atoms with van der Waals surface area (Å²) in [5.74, 6) is -1.58. The third-order valence-electron chi connectivity index (χ3n) is 2.57. The van der Waals surface area contributed by atoms with Crippen molar-refractivity contribution in [3.05, 3.63) is 24.8 Å². The molecule has 2 rings (SSSR count). The molecule has 0 aromatic rings. The van der Waals surface area contributed by atoms with Gasteiger partial charge in [-0.1, -0.05) is 18.7 Å². The van der Waals surface area contributed by atoms with Crippen LogP contribution < -0.4 is 0 Å². The van der Waals surface area contributed by atoms with Crippen LogP contribution in [0.4, 0.5) is 0 Å². The smallest absolute Gasteiger partial charge is 0.329 e. The Kier molecular flexibility index (Phi) is 4.63. The lowest BCUT2D eigenvalue weighted by molar-refractivity contribution is -0.153. The van der Waals surface area contributed by atoms with E-state index in [1.807, 2.05) is 6.08 Å². The minimum atomic E-state index is -0.394. The minimum Gasteiger partial charge on any atom is -0.466 e. The number of hydrogen-bond donors (Lipinski definition) is 0. The highest BCUT2D eigenvalue weighted by molar-refractivity contribution is 5.97. The Bertz CT molecular complexity index is 369. The molecule has 0 bridgehead atoms. The van der Waals surface area contributed by atoms with Gasteiger partial charge in [-0.15, -0.1) is 0 Å². The second kappa shape index (κ2) is 5.98. The van der Waals surface area contributed by atoms with Crippen LogP contribution in [0.5, 0.6) is 0 Å². The molecular formula is C12H14O5. The van der Waals surface area contributed by atoms with E-state index in [-0.39, 0.29) is 23.8 Å². The lowest BCUT2D eigenvalue weighted by Gasteiger charge is -2.12. The van der Waals surface area contributed by atoms with Gasteiger partial charge >= 0.3 is 17.9 Å². The van der Waals surface area contributed by atoms with E-state index >= 15 is 0 Å². The predicted molar refractivity (Wildman–Crippen MR) is 58.7 cm³/mol. The van der Waals surface area contributed by atoms with Gasteiger partial charge in [0.1, 0.15) is 0 Å². The molecule has 0 aromatic heterocycles. The number of hydrogen-bond acceptors (Lipinski definition) is 5. The average molecular weight is 238 g/mol. The molecular weight excluding hydrogens is 224 g/mol. The summed E-state index contributed by atoms with van der Waals surface area (Å²) in [6.07, 6.45) is 6.46. The summed E-state index contributed by atoms with van der Waals surface area (Å²) in [5, 5.41) is 0. The van der Waals surface area contributed by atoms with Gasteiger partial charge in [-0.25, -0.2) is 4.79 Å². The zero-order valence-electron chi connectivity index (χ0n) is 9.55. The molecule has 5 nitrogen and oxygen atoms in total. The van der Waals surface area contributed by atoms with Crippen LogP contribution in [0.25, 0.3) is 0 Å². The lowest BCUT2D eigenvalue weighted by Crippen LogP contribution is -2.17. The van der Waals surface area contributed by atoms with E-state index in [4.69, 9.17) is 0 Å². The highest BCUT2D eigenvalue weighted by Gasteiger charge is 2.43. The van der Waals surface area contributed by atoms with Crippen LogP contribution in [0, 0.1) is 11.8 Å². The SMILES string of the molecule is C=CC(=O)OC.O=C1OC(=O)C2CCC=CC12. The van der Waals surface area contributed by atoms with E-state index in [0.717, 1.165) is 18.9 Å². The standard InChI is InChI=1S/C8H8O3.C4H6O2/c9-7-5-3-1-2-4-6(5)8(10)11-7;1-3-4(5)6-2/h1,3,5-6H,2,4H2;3H,1H2,2H3. The molecule has 0 N–H and O–H groups in total. The molecule has 0 radical (unpaired) electrons. The van der Waals surface area contributed by atoms with E-state index in [1.54, 1.807) is 6.08 Å². The van der Waals surface area contributed by atoms with Crippen LogP contribution in [0.15, 0.2) is 24.8 Å². The van der Waals surface area contributed by atoms with Crippen molar-refractivity contribution in [1.82, 2.24) is 0 Å². The maximum Gasteiger partial charge on any atom is 0.329 e. The Morgan fingerprint density at radius 2 is 2.24 bits per heavy atom. The molecule has 0 spiro atoms. The molecule has 2 atom stereocenters. The van der Waals surface area contributed by atoms with Gasteiger partial charge in [0.05, 0.1) is 18.9 Å². The lowest BCUT2D eigenvalue weighted by atomic mass is 9.86. The summed E-state index contributed by atoms with van der Waals surface area (Å²) < 4.78 is 8.62. The van der Waals surface area contributed by atoms with Gasteiger partial charge in [0, 0.05) is 6.08 Å². The molecule has 0 aromatic carbocycles. The van der Waals surface area contributed by atoms with Crippen molar-refractivity contribution in [2.24, 2.45) is 11.8 Å². The van der Waals surface area contributed by atoms with Crippen LogP contribution in [-0.2, 0) is 23.9 Å². The number of allylic oxidation sites excluding steroid dienone is 1. The largest absolute Gasteiger partial charge is 0.466 e. The molecule has 1 fully saturated rings. The van der Waals surface area contributed by atoms with Crippen molar-refractivity contribution in [3.8, 4) is 0 Å². The number of fused-ring (bicyclic) bond motifs is 1. The van der Waals surface area contributed by atoms with Crippen molar-refractivity contribution < 1.29 is 23.9 Å². The molecule has 1 aliphatic carbocycles. The molecule has 0 amide bonds. The van der Waals surface area contributed by atoms with Crippen LogP contribution in [-0.4, -0.2) is 25.0 Å². The van der Waals surface area contributed by atoms with E-state index in [9.17, 15) is 14.4 Å². The second-order valence-corrected chi connectivity index (χ2v) is 3.61. The highest BCUT2D eigenvalue weighted by Crippen LogP contribution is 2.32. The molecule has 17 heavy (non-hydrogen) atoms. The first kappa shape index (κ1) is 13.2. The third kappa shape index (κ3) is 3.27. The van der Waals surface area contributed by atoms with Crippen molar-refractivity contribution in [2.45, 2.75) is 12.8 Å². The fourth-order valence-corrected chi connectivity index (χ4v) is 1.67. The Labute approximate surface area is 99.1 Å². The zero-order chi connectivity index (χ0) is 12.8. The molecule has 5 heteroatoms. The molecule has 1 saturated heterocycles. The first-order valence-electron chi connectivity index (χ1n) is 5.22. The summed E-state index contributed by atoms with van der Waals surface area (Å²) >= 11 is 0. The first-order valence-corrected chi connectivity index (χ1v) is 5.22. The highest BCUT2D eigenvalue weighted by atomic mass is 16.6. The van der Waals surface area contributed by atoms with Crippen LogP contribution >= 0.6 is 0 Å². The second-order valence-electron chi connectivity index (χ2n) is 3.61. The zero-order valence-corrected chi connectivity index (χ0v) is 9.55. The van der Waals surface area contributed by atoms with Crippen LogP contribution in [0.2, 0.25) is 0 Å². The maximum atomic E-state index is 10.9. The number of ether oxygens (including phenoxy) is 2. The van der Waals surface area contributed by atoms with Crippen LogP contribution in [0.3, 0.4) is 0 Å². The molecule has 1 heterocycles. The Hall–Kier alpha value is -1.91.